The Kier molecular flexibility index (Phi) is 7.31. The van der Waals surface area contributed by atoms with Crippen LogP contribution in [0.1, 0.15) is 59.8 Å². The van der Waals surface area contributed by atoms with Crippen LogP contribution >= 0.6 is 11.8 Å². The first-order valence-corrected chi connectivity index (χ1v) is 11.3. The van der Waals surface area contributed by atoms with Gasteiger partial charge in [-0.1, -0.05) is 43.7 Å². The number of pyridine rings is 1. The third kappa shape index (κ3) is 5.82. The smallest absolute Gasteiger partial charge is 0.258 e. The van der Waals surface area contributed by atoms with E-state index < -0.39 is 0 Å². The number of hydrogen-bond donors (Lipinski definition) is 2. The molecule has 3 rings (SSSR count). The summed E-state index contributed by atoms with van der Waals surface area (Å²) in [6, 6.07) is 10.0. The maximum Gasteiger partial charge on any atom is 0.258 e. The highest BCUT2D eigenvalue weighted by Crippen LogP contribution is 2.26. The van der Waals surface area contributed by atoms with Crippen molar-refractivity contribution in [2.75, 3.05) is 11.1 Å². The number of nitrogens with one attached hydrogen (secondary N) is 2. The summed E-state index contributed by atoms with van der Waals surface area (Å²) in [5, 5.41) is 6.66. The van der Waals surface area contributed by atoms with E-state index in [1.807, 2.05) is 44.2 Å². The monoisotopic (exact) mass is 411 g/mol. The molecule has 1 saturated carbocycles. The lowest BCUT2D eigenvalue weighted by molar-refractivity contribution is -0.119. The van der Waals surface area contributed by atoms with Gasteiger partial charge in [0.25, 0.3) is 5.91 Å². The van der Waals surface area contributed by atoms with Crippen LogP contribution in [0.2, 0.25) is 0 Å². The fraction of sp³-hybridized carbons (Fsp3) is 0.435. The van der Waals surface area contributed by atoms with Crippen LogP contribution in [0.25, 0.3) is 0 Å². The highest BCUT2D eigenvalue weighted by atomic mass is 32.2. The summed E-state index contributed by atoms with van der Waals surface area (Å²) in [6.07, 6.45) is 5.44. The van der Waals surface area contributed by atoms with Gasteiger partial charge in [-0.2, -0.15) is 0 Å². The van der Waals surface area contributed by atoms with Crippen molar-refractivity contribution < 1.29 is 9.59 Å². The van der Waals surface area contributed by atoms with Gasteiger partial charge in [0.1, 0.15) is 5.03 Å². The van der Waals surface area contributed by atoms with Gasteiger partial charge < -0.3 is 10.6 Å². The Morgan fingerprint density at radius 2 is 1.83 bits per heavy atom. The van der Waals surface area contributed by atoms with E-state index in [0.717, 1.165) is 36.2 Å². The normalized spacial score (nSPS) is 14.0. The van der Waals surface area contributed by atoms with Gasteiger partial charge in [0, 0.05) is 17.4 Å². The number of anilines is 1. The van der Waals surface area contributed by atoms with Gasteiger partial charge in [-0.25, -0.2) is 4.98 Å². The molecule has 2 N–H and O–H groups in total. The Morgan fingerprint density at radius 3 is 2.48 bits per heavy atom. The Labute approximate surface area is 177 Å². The highest BCUT2D eigenvalue weighted by molar-refractivity contribution is 8.00. The van der Waals surface area contributed by atoms with E-state index in [9.17, 15) is 9.59 Å². The van der Waals surface area contributed by atoms with E-state index in [1.165, 1.54) is 30.2 Å². The number of carbonyl (C=O) groups is 2. The molecule has 1 aliphatic rings. The zero-order chi connectivity index (χ0) is 20.8. The van der Waals surface area contributed by atoms with E-state index in [0.29, 0.717) is 16.6 Å². The first-order valence-electron chi connectivity index (χ1n) is 10.3. The largest absolute Gasteiger partial charge is 0.353 e. The number of nitrogens with zero attached hydrogens (tertiary/aromatic N) is 1. The molecular formula is C23H29N3O2S. The lowest BCUT2D eigenvalue weighted by atomic mass is 10.1. The van der Waals surface area contributed by atoms with Crippen LogP contribution < -0.4 is 10.6 Å². The first-order chi connectivity index (χ1) is 14.0. The minimum absolute atomic E-state index is 0.00405. The van der Waals surface area contributed by atoms with Crippen LogP contribution in [0.4, 0.5) is 5.69 Å². The zero-order valence-electron chi connectivity index (χ0n) is 17.4. The molecule has 0 atom stereocenters. The lowest BCUT2D eigenvalue weighted by Gasteiger charge is -2.14. The third-order valence-corrected chi connectivity index (χ3v) is 6.19. The van der Waals surface area contributed by atoms with Gasteiger partial charge >= 0.3 is 0 Å². The highest BCUT2D eigenvalue weighted by Gasteiger charge is 2.20. The second kappa shape index (κ2) is 9.92. The molecule has 0 spiro atoms. The molecule has 0 saturated heterocycles. The van der Waals surface area contributed by atoms with E-state index in [-0.39, 0.29) is 17.6 Å². The molecule has 1 aromatic carbocycles. The van der Waals surface area contributed by atoms with Gasteiger partial charge in [0.2, 0.25) is 5.91 Å². The number of amides is 2. The summed E-state index contributed by atoms with van der Waals surface area (Å²) in [7, 11) is 0. The molecule has 2 aromatic rings. The number of benzene rings is 1. The van der Waals surface area contributed by atoms with Crippen molar-refractivity contribution in [1.82, 2.24) is 10.3 Å². The Morgan fingerprint density at radius 1 is 1.14 bits per heavy atom. The predicted molar refractivity (Wildman–Crippen MR) is 119 cm³/mol. The van der Waals surface area contributed by atoms with Crippen molar-refractivity contribution in [1.29, 1.82) is 0 Å². The van der Waals surface area contributed by atoms with Crippen molar-refractivity contribution in [2.24, 2.45) is 0 Å². The van der Waals surface area contributed by atoms with E-state index in [2.05, 4.69) is 22.5 Å². The van der Waals surface area contributed by atoms with E-state index in [4.69, 9.17) is 0 Å². The molecule has 0 unspecified atom stereocenters. The molecular weight excluding hydrogens is 382 g/mol. The van der Waals surface area contributed by atoms with Crippen LogP contribution in [-0.4, -0.2) is 28.6 Å². The lowest BCUT2D eigenvalue weighted by Crippen LogP contribution is -2.33. The van der Waals surface area contributed by atoms with Gasteiger partial charge in [0.05, 0.1) is 11.3 Å². The molecule has 1 fully saturated rings. The second-order valence-corrected chi connectivity index (χ2v) is 8.57. The molecule has 0 aliphatic heterocycles. The van der Waals surface area contributed by atoms with Crippen molar-refractivity contribution in [3.63, 3.8) is 0 Å². The third-order valence-electron chi connectivity index (χ3n) is 5.22. The molecule has 0 radical (unpaired) electrons. The van der Waals surface area contributed by atoms with Gasteiger partial charge in [-0.15, -0.1) is 0 Å². The van der Waals surface area contributed by atoms with Crippen LogP contribution in [0, 0.1) is 13.8 Å². The van der Waals surface area contributed by atoms with Crippen molar-refractivity contribution >= 4 is 29.3 Å². The fourth-order valence-electron chi connectivity index (χ4n) is 3.67. The molecule has 0 bridgehead atoms. The number of thioether (sulfide) groups is 1. The summed E-state index contributed by atoms with van der Waals surface area (Å²) in [6.45, 7) is 5.91. The van der Waals surface area contributed by atoms with Crippen LogP contribution in [-0.2, 0) is 11.2 Å². The van der Waals surface area contributed by atoms with Gasteiger partial charge in [-0.3, -0.25) is 9.59 Å². The molecule has 1 aliphatic carbocycles. The number of hydrogen-bond acceptors (Lipinski definition) is 4. The Bertz CT molecular complexity index is 874. The number of carbonyl (C=O) groups excluding carboxylic acids is 2. The number of rotatable bonds is 7. The Balaban J connectivity index is 1.71. The predicted octanol–water partition coefficient (Wildman–Crippen LogP) is 4.66. The molecule has 154 valence electrons. The number of aryl methyl sites for hydroxylation is 3. The van der Waals surface area contributed by atoms with Crippen molar-refractivity contribution in [3.05, 3.63) is 52.7 Å². The fourth-order valence-corrected chi connectivity index (χ4v) is 4.63. The first kappa shape index (κ1) is 21.4. The topological polar surface area (TPSA) is 71.1 Å². The van der Waals surface area contributed by atoms with Crippen LogP contribution in [0.15, 0.2) is 35.4 Å². The van der Waals surface area contributed by atoms with Crippen molar-refractivity contribution in [2.45, 2.75) is 63.9 Å². The van der Waals surface area contributed by atoms with Crippen LogP contribution in [0.3, 0.4) is 0 Å². The minimum Gasteiger partial charge on any atom is -0.353 e. The average molecular weight is 412 g/mol. The molecule has 29 heavy (non-hydrogen) atoms. The maximum absolute atomic E-state index is 13.0. The summed E-state index contributed by atoms with van der Waals surface area (Å²) < 4.78 is 0. The number of aromatic nitrogens is 1. The van der Waals surface area contributed by atoms with Gasteiger partial charge in [0.15, 0.2) is 0 Å². The SMILES string of the molecule is CCc1ccc(NC(=O)c2c(C)cc(C)nc2SCC(=O)NC2CCCC2)cc1. The summed E-state index contributed by atoms with van der Waals surface area (Å²) in [4.78, 5) is 29.8. The molecule has 2 amide bonds. The molecule has 1 aromatic heterocycles. The van der Waals surface area contributed by atoms with E-state index in [1.54, 1.807) is 0 Å². The van der Waals surface area contributed by atoms with Crippen molar-refractivity contribution in [3.8, 4) is 0 Å². The molecule has 6 heteroatoms. The minimum atomic E-state index is -0.196. The summed E-state index contributed by atoms with van der Waals surface area (Å²) in [5.41, 5.74) is 4.21. The Hall–Kier alpha value is -2.34. The average Bonchev–Trinajstić information content (AvgIpc) is 3.19. The summed E-state index contributed by atoms with van der Waals surface area (Å²) in [5.74, 6) is 0.0695. The van der Waals surface area contributed by atoms with Gasteiger partial charge in [-0.05, 0) is 62.4 Å². The summed E-state index contributed by atoms with van der Waals surface area (Å²) >= 11 is 1.33. The standard InChI is InChI=1S/C23H29N3O2S/c1-4-17-9-11-19(12-10-17)26-22(28)21-15(2)13-16(3)24-23(21)29-14-20(27)25-18-7-5-6-8-18/h9-13,18H,4-8,14H2,1-3H3,(H,25,27)(H,26,28). The quantitative estimate of drug-likeness (QED) is 0.650. The molecule has 5 nitrogen and oxygen atoms in total. The second-order valence-electron chi connectivity index (χ2n) is 7.60. The van der Waals surface area contributed by atoms with Crippen LogP contribution in [0.5, 0.6) is 0 Å². The zero-order valence-corrected chi connectivity index (χ0v) is 18.2. The molecule has 1 heterocycles. The van der Waals surface area contributed by atoms with E-state index >= 15 is 0 Å². The maximum atomic E-state index is 13.0.